The van der Waals surface area contributed by atoms with Gasteiger partial charge in [0.2, 0.25) is 11.8 Å². The predicted octanol–water partition coefficient (Wildman–Crippen LogP) is 1.19. The van der Waals surface area contributed by atoms with E-state index in [4.69, 9.17) is 5.73 Å². The normalized spacial score (nSPS) is 15.2. The molecule has 0 aliphatic heterocycles. The first-order valence-electron chi connectivity index (χ1n) is 6.92. The molecule has 2 rings (SSSR count). The lowest BCUT2D eigenvalue weighted by Gasteiger charge is -2.28. The molecule has 0 radical (unpaired) electrons. The van der Waals surface area contributed by atoms with Crippen LogP contribution in [0.5, 0.6) is 5.75 Å². The van der Waals surface area contributed by atoms with Crippen molar-refractivity contribution < 1.29 is 14.7 Å². The number of carbonyl (C=O) groups excluding carboxylic acids is 2. The standard InChI is InChI=1S/C15H20N2O3/c16-14(19)10-17(12-6-2-3-7-12)15(20)9-11-5-1-4-8-13(11)18/h1,4-5,8,12,18H,2-3,6-7,9-10H2,(H2,16,19). The number of hydrogen-bond acceptors (Lipinski definition) is 3. The second-order valence-corrected chi connectivity index (χ2v) is 5.23. The summed E-state index contributed by atoms with van der Waals surface area (Å²) in [6.07, 6.45) is 4.07. The van der Waals surface area contributed by atoms with Crippen LogP contribution in [0.1, 0.15) is 31.2 Å². The maximum absolute atomic E-state index is 12.4. The third-order valence-corrected chi connectivity index (χ3v) is 3.75. The number of para-hydroxylation sites is 1. The lowest BCUT2D eigenvalue weighted by Crippen LogP contribution is -2.44. The Balaban J connectivity index is 2.09. The molecule has 0 atom stereocenters. The molecule has 0 aromatic heterocycles. The molecule has 0 spiro atoms. The fourth-order valence-corrected chi connectivity index (χ4v) is 2.73. The Labute approximate surface area is 118 Å². The molecule has 2 amide bonds. The van der Waals surface area contributed by atoms with Crippen molar-refractivity contribution in [2.24, 2.45) is 5.73 Å². The van der Waals surface area contributed by atoms with E-state index in [2.05, 4.69) is 0 Å². The summed E-state index contributed by atoms with van der Waals surface area (Å²) in [4.78, 5) is 25.1. The summed E-state index contributed by atoms with van der Waals surface area (Å²) in [5, 5.41) is 9.73. The van der Waals surface area contributed by atoms with Crippen molar-refractivity contribution in [2.75, 3.05) is 6.54 Å². The van der Waals surface area contributed by atoms with Crippen LogP contribution in [0.15, 0.2) is 24.3 Å². The average Bonchev–Trinajstić information content (AvgIpc) is 2.92. The van der Waals surface area contributed by atoms with E-state index in [-0.39, 0.29) is 30.7 Å². The first-order valence-corrected chi connectivity index (χ1v) is 6.92. The summed E-state index contributed by atoms with van der Waals surface area (Å²) in [6, 6.07) is 6.85. The number of amides is 2. The molecule has 1 fully saturated rings. The first kappa shape index (κ1) is 14.4. The molecule has 20 heavy (non-hydrogen) atoms. The van der Waals surface area contributed by atoms with Crippen molar-refractivity contribution >= 4 is 11.8 Å². The van der Waals surface area contributed by atoms with E-state index in [0.717, 1.165) is 25.7 Å². The molecule has 1 saturated carbocycles. The number of rotatable bonds is 5. The van der Waals surface area contributed by atoms with E-state index in [1.165, 1.54) is 0 Å². The van der Waals surface area contributed by atoms with Gasteiger partial charge in [-0.1, -0.05) is 31.0 Å². The maximum Gasteiger partial charge on any atom is 0.237 e. The average molecular weight is 276 g/mol. The SMILES string of the molecule is NC(=O)CN(C(=O)Cc1ccccc1O)C1CCCC1. The Hall–Kier alpha value is -2.04. The number of aromatic hydroxyl groups is 1. The predicted molar refractivity (Wildman–Crippen MR) is 75.0 cm³/mol. The minimum Gasteiger partial charge on any atom is -0.508 e. The second kappa shape index (κ2) is 6.41. The monoisotopic (exact) mass is 276 g/mol. The molecule has 1 aliphatic carbocycles. The third kappa shape index (κ3) is 3.50. The van der Waals surface area contributed by atoms with Gasteiger partial charge in [-0.15, -0.1) is 0 Å². The fraction of sp³-hybridized carbons (Fsp3) is 0.467. The summed E-state index contributed by atoms with van der Waals surface area (Å²) >= 11 is 0. The molecule has 1 aromatic rings. The molecular formula is C15H20N2O3. The lowest BCUT2D eigenvalue weighted by molar-refractivity contribution is -0.136. The van der Waals surface area contributed by atoms with Crippen molar-refractivity contribution in [3.05, 3.63) is 29.8 Å². The number of phenols is 1. The van der Waals surface area contributed by atoms with Gasteiger partial charge in [-0.3, -0.25) is 9.59 Å². The number of nitrogens with zero attached hydrogens (tertiary/aromatic N) is 1. The number of nitrogens with two attached hydrogens (primary N) is 1. The Kier molecular flexibility index (Phi) is 4.61. The number of hydrogen-bond donors (Lipinski definition) is 2. The molecule has 0 unspecified atom stereocenters. The van der Waals surface area contributed by atoms with Crippen LogP contribution in [-0.2, 0) is 16.0 Å². The molecule has 108 valence electrons. The zero-order valence-corrected chi connectivity index (χ0v) is 11.4. The highest BCUT2D eigenvalue weighted by atomic mass is 16.3. The van der Waals surface area contributed by atoms with Crippen LogP contribution >= 0.6 is 0 Å². The summed E-state index contributed by atoms with van der Waals surface area (Å²) in [5.74, 6) is -0.550. The highest BCUT2D eigenvalue weighted by molar-refractivity contribution is 5.85. The second-order valence-electron chi connectivity index (χ2n) is 5.23. The van der Waals surface area contributed by atoms with Crippen LogP contribution in [0.25, 0.3) is 0 Å². The lowest BCUT2D eigenvalue weighted by atomic mass is 10.1. The highest BCUT2D eigenvalue weighted by Gasteiger charge is 2.28. The van der Waals surface area contributed by atoms with Gasteiger partial charge in [-0.25, -0.2) is 0 Å². The van der Waals surface area contributed by atoms with Crippen LogP contribution < -0.4 is 5.73 Å². The van der Waals surface area contributed by atoms with Crippen molar-refractivity contribution in [1.29, 1.82) is 0 Å². The Morgan fingerprint density at radius 3 is 2.50 bits per heavy atom. The molecular weight excluding hydrogens is 256 g/mol. The van der Waals surface area contributed by atoms with Crippen molar-refractivity contribution in [3.63, 3.8) is 0 Å². The van der Waals surface area contributed by atoms with E-state index < -0.39 is 5.91 Å². The van der Waals surface area contributed by atoms with Crippen molar-refractivity contribution in [3.8, 4) is 5.75 Å². The Bertz CT molecular complexity index is 496. The van der Waals surface area contributed by atoms with Crippen LogP contribution in [-0.4, -0.2) is 34.4 Å². The van der Waals surface area contributed by atoms with Gasteiger partial charge in [-0.05, 0) is 18.9 Å². The third-order valence-electron chi connectivity index (χ3n) is 3.75. The van der Waals surface area contributed by atoms with Gasteiger partial charge in [0, 0.05) is 11.6 Å². The summed E-state index contributed by atoms with van der Waals surface area (Å²) in [6.45, 7) is -0.0445. The zero-order chi connectivity index (χ0) is 14.5. The van der Waals surface area contributed by atoms with Gasteiger partial charge in [0.1, 0.15) is 5.75 Å². The minimum absolute atomic E-state index is 0.0445. The molecule has 1 aromatic carbocycles. The van der Waals surface area contributed by atoms with Gasteiger partial charge in [-0.2, -0.15) is 0 Å². The molecule has 0 saturated heterocycles. The van der Waals surface area contributed by atoms with Crippen LogP contribution in [0.3, 0.4) is 0 Å². The summed E-state index contributed by atoms with van der Waals surface area (Å²) in [7, 11) is 0. The van der Waals surface area contributed by atoms with Crippen LogP contribution in [0.2, 0.25) is 0 Å². The summed E-state index contributed by atoms with van der Waals surface area (Å²) in [5.41, 5.74) is 5.81. The molecule has 5 nitrogen and oxygen atoms in total. The molecule has 5 heteroatoms. The molecule has 3 N–H and O–H groups in total. The van der Waals surface area contributed by atoms with E-state index in [1.54, 1.807) is 29.2 Å². The topological polar surface area (TPSA) is 83.6 Å². The maximum atomic E-state index is 12.4. The van der Waals surface area contributed by atoms with Gasteiger partial charge >= 0.3 is 0 Å². The first-order chi connectivity index (χ1) is 9.58. The van der Waals surface area contributed by atoms with Gasteiger partial charge in [0.05, 0.1) is 13.0 Å². The zero-order valence-electron chi connectivity index (χ0n) is 11.4. The minimum atomic E-state index is -0.498. The van der Waals surface area contributed by atoms with Gasteiger partial charge in [0.25, 0.3) is 0 Å². The van der Waals surface area contributed by atoms with E-state index >= 15 is 0 Å². The number of primary amides is 1. The number of phenolic OH excluding ortho intramolecular Hbond substituents is 1. The number of benzene rings is 1. The Morgan fingerprint density at radius 1 is 1.25 bits per heavy atom. The molecule has 0 bridgehead atoms. The smallest absolute Gasteiger partial charge is 0.237 e. The van der Waals surface area contributed by atoms with Crippen molar-refractivity contribution in [1.82, 2.24) is 4.90 Å². The largest absolute Gasteiger partial charge is 0.508 e. The van der Waals surface area contributed by atoms with E-state index in [0.29, 0.717) is 5.56 Å². The van der Waals surface area contributed by atoms with Crippen LogP contribution in [0.4, 0.5) is 0 Å². The Morgan fingerprint density at radius 2 is 1.90 bits per heavy atom. The van der Waals surface area contributed by atoms with Crippen LogP contribution in [0, 0.1) is 0 Å². The quantitative estimate of drug-likeness (QED) is 0.847. The fourth-order valence-electron chi connectivity index (χ4n) is 2.73. The summed E-state index contributed by atoms with van der Waals surface area (Å²) < 4.78 is 0. The molecule has 0 heterocycles. The van der Waals surface area contributed by atoms with Gasteiger partial charge in [0.15, 0.2) is 0 Å². The molecule has 1 aliphatic rings. The van der Waals surface area contributed by atoms with Crippen molar-refractivity contribution in [2.45, 2.75) is 38.1 Å². The van der Waals surface area contributed by atoms with E-state index in [1.807, 2.05) is 0 Å². The van der Waals surface area contributed by atoms with E-state index in [9.17, 15) is 14.7 Å². The highest BCUT2D eigenvalue weighted by Crippen LogP contribution is 2.25. The van der Waals surface area contributed by atoms with Gasteiger partial charge < -0.3 is 15.7 Å². The number of carbonyl (C=O) groups is 2.